The zero-order valence-electron chi connectivity index (χ0n) is 4.46. The summed E-state index contributed by atoms with van der Waals surface area (Å²) in [7, 11) is 0. The highest BCUT2D eigenvalue weighted by Crippen LogP contribution is 1.85. The Morgan fingerprint density at radius 2 is 2.29 bits per heavy atom. The minimum atomic E-state index is -0.475. The fourth-order valence-corrected chi connectivity index (χ4v) is 0.197. The van der Waals surface area contributed by atoms with Gasteiger partial charge in [0.1, 0.15) is 0 Å². The van der Waals surface area contributed by atoms with E-state index in [0.29, 0.717) is 0 Å². The number of rotatable bonds is 2. The van der Waals surface area contributed by atoms with Crippen molar-refractivity contribution in [1.29, 1.82) is 0 Å². The summed E-state index contributed by atoms with van der Waals surface area (Å²) in [4.78, 5) is 0. The molecule has 2 atom stereocenters. The quantitative estimate of drug-likeness (QED) is 0.476. The Morgan fingerprint density at radius 1 is 1.86 bits per heavy atom. The SMILES string of the molecule is C=C[C@@H](N)[C@H](C)O. The second kappa shape index (κ2) is 2.77. The van der Waals surface area contributed by atoms with Crippen LogP contribution in [0.3, 0.4) is 0 Å². The second-order valence-electron chi connectivity index (χ2n) is 1.55. The highest BCUT2D eigenvalue weighted by Gasteiger charge is 2.00. The van der Waals surface area contributed by atoms with E-state index in [0.717, 1.165) is 0 Å². The summed E-state index contributed by atoms with van der Waals surface area (Å²) < 4.78 is 0. The van der Waals surface area contributed by atoms with Gasteiger partial charge in [0, 0.05) is 6.04 Å². The van der Waals surface area contributed by atoms with Gasteiger partial charge in [-0.2, -0.15) is 0 Å². The lowest BCUT2D eigenvalue weighted by Gasteiger charge is -2.06. The molecule has 0 radical (unpaired) electrons. The molecule has 7 heavy (non-hydrogen) atoms. The van der Waals surface area contributed by atoms with E-state index in [4.69, 9.17) is 10.8 Å². The van der Waals surface area contributed by atoms with Crippen LogP contribution < -0.4 is 5.73 Å². The zero-order chi connectivity index (χ0) is 5.86. The maximum atomic E-state index is 8.62. The molecule has 0 saturated carbocycles. The predicted molar refractivity (Wildman–Crippen MR) is 29.9 cm³/mol. The molecular weight excluding hydrogens is 90.1 g/mol. The largest absolute Gasteiger partial charge is 0.391 e. The Hall–Kier alpha value is -0.340. The molecule has 0 heterocycles. The van der Waals surface area contributed by atoms with Crippen molar-refractivity contribution >= 4 is 0 Å². The standard InChI is InChI=1S/C5H11NO/c1-3-5(6)4(2)7/h3-5,7H,1,6H2,2H3/t4-,5+/m0/s1. The first kappa shape index (κ1) is 6.66. The zero-order valence-corrected chi connectivity index (χ0v) is 4.46. The molecule has 2 nitrogen and oxygen atoms in total. The molecule has 0 aliphatic carbocycles. The van der Waals surface area contributed by atoms with Crippen molar-refractivity contribution in [3.63, 3.8) is 0 Å². The molecule has 0 fully saturated rings. The predicted octanol–water partition coefficient (Wildman–Crippen LogP) is -0.120. The summed E-state index contributed by atoms with van der Waals surface area (Å²) in [5.74, 6) is 0. The van der Waals surface area contributed by atoms with E-state index < -0.39 is 6.10 Å². The van der Waals surface area contributed by atoms with Crippen LogP contribution in [-0.4, -0.2) is 17.3 Å². The lowest BCUT2D eigenvalue weighted by molar-refractivity contribution is 0.180. The molecule has 0 aliphatic heterocycles. The van der Waals surface area contributed by atoms with Crippen LogP contribution in [-0.2, 0) is 0 Å². The van der Waals surface area contributed by atoms with Crippen molar-refractivity contribution in [3.05, 3.63) is 12.7 Å². The maximum Gasteiger partial charge on any atom is 0.0698 e. The molecule has 3 N–H and O–H groups in total. The highest BCUT2D eigenvalue weighted by atomic mass is 16.3. The average Bonchev–Trinajstić information content (AvgIpc) is 1.65. The van der Waals surface area contributed by atoms with Gasteiger partial charge in [-0.25, -0.2) is 0 Å². The Kier molecular flexibility index (Phi) is 2.64. The van der Waals surface area contributed by atoms with Gasteiger partial charge in [-0.1, -0.05) is 6.08 Å². The summed E-state index contributed by atoms with van der Waals surface area (Å²) in [5, 5.41) is 8.62. The van der Waals surface area contributed by atoms with Gasteiger partial charge in [-0.15, -0.1) is 6.58 Å². The molecule has 2 heteroatoms. The van der Waals surface area contributed by atoms with E-state index >= 15 is 0 Å². The van der Waals surface area contributed by atoms with Gasteiger partial charge < -0.3 is 10.8 Å². The molecule has 0 spiro atoms. The van der Waals surface area contributed by atoms with Crippen LogP contribution in [0.1, 0.15) is 6.92 Å². The van der Waals surface area contributed by atoms with E-state index in [9.17, 15) is 0 Å². The Labute approximate surface area is 43.6 Å². The monoisotopic (exact) mass is 101 g/mol. The summed E-state index contributed by atoms with van der Waals surface area (Å²) in [6, 6.07) is -0.278. The molecule has 0 aliphatic rings. The van der Waals surface area contributed by atoms with E-state index in [1.807, 2.05) is 0 Å². The number of hydrogen-bond acceptors (Lipinski definition) is 2. The van der Waals surface area contributed by atoms with Crippen LogP contribution in [0.2, 0.25) is 0 Å². The van der Waals surface area contributed by atoms with E-state index in [1.165, 1.54) is 6.08 Å². The Morgan fingerprint density at radius 3 is 2.29 bits per heavy atom. The van der Waals surface area contributed by atoms with Gasteiger partial charge in [0.25, 0.3) is 0 Å². The number of aliphatic hydroxyl groups is 1. The van der Waals surface area contributed by atoms with Gasteiger partial charge >= 0.3 is 0 Å². The highest BCUT2D eigenvalue weighted by molar-refractivity contribution is 4.85. The molecule has 0 bridgehead atoms. The molecule has 0 aromatic heterocycles. The first-order chi connectivity index (χ1) is 3.18. The molecule has 0 unspecified atom stereocenters. The van der Waals surface area contributed by atoms with Crippen LogP contribution in [0.5, 0.6) is 0 Å². The van der Waals surface area contributed by atoms with Crippen molar-refractivity contribution in [3.8, 4) is 0 Å². The van der Waals surface area contributed by atoms with Crippen LogP contribution in [0.4, 0.5) is 0 Å². The van der Waals surface area contributed by atoms with Gasteiger partial charge in [-0.3, -0.25) is 0 Å². The van der Waals surface area contributed by atoms with E-state index in [1.54, 1.807) is 6.92 Å². The van der Waals surface area contributed by atoms with Crippen molar-refractivity contribution < 1.29 is 5.11 Å². The first-order valence-electron chi connectivity index (χ1n) is 2.24. The normalized spacial score (nSPS) is 18.1. The Balaban J connectivity index is 3.33. The van der Waals surface area contributed by atoms with Crippen LogP contribution in [0.15, 0.2) is 12.7 Å². The lowest BCUT2D eigenvalue weighted by atomic mass is 10.2. The minimum Gasteiger partial charge on any atom is -0.391 e. The summed E-state index contributed by atoms with van der Waals surface area (Å²) in [6.07, 6.45) is 1.04. The van der Waals surface area contributed by atoms with Crippen molar-refractivity contribution in [1.82, 2.24) is 0 Å². The van der Waals surface area contributed by atoms with Crippen LogP contribution in [0.25, 0.3) is 0 Å². The third-order valence-electron chi connectivity index (χ3n) is 0.829. The number of aliphatic hydroxyl groups excluding tert-OH is 1. The summed E-state index contributed by atoms with van der Waals surface area (Å²) in [5.41, 5.74) is 5.25. The summed E-state index contributed by atoms with van der Waals surface area (Å²) in [6.45, 7) is 5.03. The molecule has 0 aromatic carbocycles. The second-order valence-corrected chi connectivity index (χ2v) is 1.55. The van der Waals surface area contributed by atoms with Crippen molar-refractivity contribution in [2.75, 3.05) is 0 Å². The smallest absolute Gasteiger partial charge is 0.0698 e. The molecule has 0 aromatic rings. The number of hydrogen-bond donors (Lipinski definition) is 2. The van der Waals surface area contributed by atoms with Gasteiger partial charge in [0.05, 0.1) is 6.10 Å². The van der Waals surface area contributed by atoms with Crippen molar-refractivity contribution in [2.24, 2.45) is 5.73 Å². The van der Waals surface area contributed by atoms with Crippen LogP contribution in [0, 0.1) is 0 Å². The minimum absolute atomic E-state index is 0.278. The number of nitrogens with two attached hydrogens (primary N) is 1. The fraction of sp³-hybridized carbons (Fsp3) is 0.600. The van der Waals surface area contributed by atoms with E-state index in [-0.39, 0.29) is 6.04 Å². The molecule has 0 saturated heterocycles. The molecule has 0 rings (SSSR count). The van der Waals surface area contributed by atoms with Gasteiger partial charge in [0.2, 0.25) is 0 Å². The fourth-order valence-electron chi connectivity index (χ4n) is 0.197. The third-order valence-corrected chi connectivity index (χ3v) is 0.829. The molecular formula is C5H11NO. The molecule has 0 amide bonds. The lowest BCUT2D eigenvalue weighted by Crippen LogP contribution is -2.29. The summed E-state index contributed by atoms with van der Waals surface area (Å²) >= 11 is 0. The first-order valence-corrected chi connectivity index (χ1v) is 2.24. The van der Waals surface area contributed by atoms with Crippen molar-refractivity contribution in [2.45, 2.75) is 19.1 Å². The molecule has 42 valence electrons. The van der Waals surface area contributed by atoms with E-state index in [2.05, 4.69) is 6.58 Å². The topological polar surface area (TPSA) is 46.2 Å². The van der Waals surface area contributed by atoms with Gasteiger partial charge in [0.15, 0.2) is 0 Å². The third kappa shape index (κ3) is 2.37. The maximum absolute atomic E-state index is 8.62. The van der Waals surface area contributed by atoms with Gasteiger partial charge in [-0.05, 0) is 6.92 Å². The Bertz CT molecular complexity index is 61.1. The average molecular weight is 101 g/mol. The van der Waals surface area contributed by atoms with Crippen LogP contribution >= 0.6 is 0 Å².